The van der Waals surface area contributed by atoms with E-state index >= 15 is 0 Å². The van der Waals surface area contributed by atoms with E-state index in [9.17, 15) is 0 Å². The first kappa shape index (κ1) is 12.1. The second-order valence-electron chi connectivity index (χ2n) is 4.63. The fraction of sp³-hybridized carbons (Fsp3) is 0.692. The molecule has 1 unspecified atom stereocenters. The lowest BCUT2D eigenvalue weighted by molar-refractivity contribution is -0.0529. The van der Waals surface area contributed by atoms with Gasteiger partial charge in [0.2, 0.25) is 0 Å². The summed E-state index contributed by atoms with van der Waals surface area (Å²) >= 11 is 1.80. The Labute approximate surface area is 102 Å². The maximum Gasteiger partial charge on any atom is 0.0882 e. The third-order valence-corrected chi connectivity index (χ3v) is 4.60. The molecule has 1 aromatic heterocycles. The summed E-state index contributed by atoms with van der Waals surface area (Å²) in [4.78, 5) is 2.60. The molecule has 2 rings (SSSR count). The van der Waals surface area contributed by atoms with Gasteiger partial charge in [-0.25, -0.2) is 0 Å². The van der Waals surface area contributed by atoms with E-state index in [4.69, 9.17) is 10.5 Å². The van der Waals surface area contributed by atoms with Gasteiger partial charge in [0, 0.05) is 16.4 Å². The van der Waals surface area contributed by atoms with Crippen LogP contribution in [0.5, 0.6) is 0 Å². The highest BCUT2D eigenvalue weighted by molar-refractivity contribution is 7.12. The monoisotopic (exact) mass is 239 g/mol. The smallest absolute Gasteiger partial charge is 0.0882 e. The van der Waals surface area contributed by atoms with Crippen LogP contribution in [0.25, 0.3) is 0 Å². The molecule has 0 aromatic carbocycles. The summed E-state index contributed by atoms with van der Waals surface area (Å²) in [5.41, 5.74) is 6.33. The van der Waals surface area contributed by atoms with E-state index in [0.717, 1.165) is 19.4 Å². The molecule has 1 fully saturated rings. The van der Waals surface area contributed by atoms with Crippen LogP contribution >= 0.6 is 11.3 Å². The summed E-state index contributed by atoms with van der Waals surface area (Å²) in [6.45, 7) is 4.95. The minimum absolute atomic E-state index is 0.0497. The van der Waals surface area contributed by atoms with E-state index < -0.39 is 0 Å². The summed E-state index contributed by atoms with van der Waals surface area (Å²) in [6.07, 6.45) is 4.72. The first-order valence-corrected chi connectivity index (χ1v) is 6.95. The predicted octanol–water partition coefficient (Wildman–Crippen LogP) is 3.41. The van der Waals surface area contributed by atoms with Crippen LogP contribution in [0.15, 0.2) is 12.1 Å². The van der Waals surface area contributed by atoms with Gasteiger partial charge >= 0.3 is 0 Å². The van der Waals surface area contributed by atoms with Crippen LogP contribution in [0.4, 0.5) is 0 Å². The molecule has 0 radical (unpaired) electrons. The van der Waals surface area contributed by atoms with Gasteiger partial charge in [0.05, 0.1) is 11.6 Å². The van der Waals surface area contributed by atoms with E-state index in [2.05, 4.69) is 26.0 Å². The van der Waals surface area contributed by atoms with Gasteiger partial charge in [0.15, 0.2) is 0 Å². The Morgan fingerprint density at radius 1 is 1.44 bits per heavy atom. The van der Waals surface area contributed by atoms with E-state index in [0.29, 0.717) is 0 Å². The van der Waals surface area contributed by atoms with Crippen LogP contribution in [0.2, 0.25) is 0 Å². The molecule has 0 amide bonds. The molecule has 3 heteroatoms. The van der Waals surface area contributed by atoms with Crippen molar-refractivity contribution in [3.63, 3.8) is 0 Å². The Bertz CT molecular complexity index is 341. The summed E-state index contributed by atoms with van der Waals surface area (Å²) < 4.78 is 6.00. The number of thiophene rings is 1. The lowest BCUT2D eigenvalue weighted by Gasteiger charge is -2.34. The highest BCUT2D eigenvalue weighted by atomic mass is 32.1. The van der Waals surface area contributed by atoms with Crippen molar-refractivity contribution in [1.82, 2.24) is 0 Å². The standard InChI is InChI=1S/C13H21NOS/c1-3-15-13(8-4-5-9-13)12(14)11-7-6-10(2)16-11/h6-7,12H,3-5,8-9,14H2,1-2H3. The SMILES string of the molecule is CCOC1(C(N)c2ccc(C)s2)CCCC1. The maximum absolute atomic E-state index is 6.42. The molecular weight excluding hydrogens is 218 g/mol. The lowest BCUT2D eigenvalue weighted by atomic mass is 9.91. The van der Waals surface area contributed by atoms with E-state index in [-0.39, 0.29) is 11.6 Å². The van der Waals surface area contributed by atoms with Gasteiger partial charge in [-0.3, -0.25) is 0 Å². The normalized spacial score (nSPS) is 21.2. The van der Waals surface area contributed by atoms with Crippen molar-refractivity contribution in [3.8, 4) is 0 Å². The fourth-order valence-electron chi connectivity index (χ4n) is 2.69. The number of hydrogen-bond donors (Lipinski definition) is 1. The number of nitrogens with two attached hydrogens (primary N) is 1. The van der Waals surface area contributed by atoms with Gasteiger partial charge in [0.25, 0.3) is 0 Å². The molecule has 1 aliphatic carbocycles. The molecule has 1 saturated carbocycles. The Hall–Kier alpha value is -0.380. The summed E-state index contributed by atoms with van der Waals surface area (Å²) in [6, 6.07) is 4.35. The minimum Gasteiger partial charge on any atom is -0.373 e. The van der Waals surface area contributed by atoms with Gasteiger partial charge < -0.3 is 10.5 Å². The molecule has 0 spiro atoms. The Kier molecular flexibility index (Phi) is 3.67. The van der Waals surface area contributed by atoms with Crippen LogP contribution in [0.1, 0.15) is 48.4 Å². The molecule has 0 saturated heterocycles. The third kappa shape index (κ3) is 2.17. The highest BCUT2D eigenvalue weighted by Gasteiger charge is 2.41. The molecular formula is C13H21NOS. The Balaban J connectivity index is 2.20. The van der Waals surface area contributed by atoms with Gasteiger partial charge in [0.1, 0.15) is 0 Å². The fourth-order valence-corrected chi connectivity index (χ4v) is 3.67. The molecule has 2 N–H and O–H groups in total. The zero-order chi connectivity index (χ0) is 11.6. The molecule has 0 aliphatic heterocycles. The van der Waals surface area contributed by atoms with Crippen LogP contribution in [0.3, 0.4) is 0 Å². The number of rotatable bonds is 4. The van der Waals surface area contributed by atoms with Gasteiger partial charge in [-0.05, 0) is 38.8 Å². The van der Waals surface area contributed by atoms with Crippen molar-refractivity contribution in [2.45, 2.75) is 51.2 Å². The average Bonchev–Trinajstić information content (AvgIpc) is 2.87. The highest BCUT2D eigenvalue weighted by Crippen LogP contribution is 2.43. The van der Waals surface area contributed by atoms with E-state index in [1.54, 1.807) is 11.3 Å². The summed E-state index contributed by atoms with van der Waals surface area (Å²) in [5, 5.41) is 0. The molecule has 0 bridgehead atoms. The molecule has 1 heterocycles. The second kappa shape index (κ2) is 4.86. The zero-order valence-corrected chi connectivity index (χ0v) is 11.0. The lowest BCUT2D eigenvalue weighted by Crippen LogP contribution is -2.41. The van der Waals surface area contributed by atoms with Crippen molar-refractivity contribution in [2.75, 3.05) is 6.61 Å². The number of ether oxygens (including phenoxy) is 1. The third-order valence-electron chi connectivity index (χ3n) is 3.52. The second-order valence-corrected chi connectivity index (χ2v) is 5.95. The Morgan fingerprint density at radius 2 is 2.12 bits per heavy atom. The van der Waals surface area contributed by atoms with Crippen molar-refractivity contribution in [1.29, 1.82) is 0 Å². The zero-order valence-electron chi connectivity index (χ0n) is 10.2. The van der Waals surface area contributed by atoms with E-state index in [1.165, 1.54) is 22.6 Å². The maximum atomic E-state index is 6.42. The number of hydrogen-bond acceptors (Lipinski definition) is 3. The first-order chi connectivity index (χ1) is 7.68. The Morgan fingerprint density at radius 3 is 2.62 bits per heavy atom. The quantitative estimate of drug-likeness (QED) is 0.874. The molecule has 16 heavy (non-hydrogen) atoms. The molecule has 1 aromatic rings. The summed E-state index contributed by atoms with van der Waals surface area (Å²) in [7, 11) is 0. The van der Waals surface area contributed by atoms with Crippen molar-refractivity contribution in [3.05, 3.63) is 21.9 Å². The molecule has 2 nitrogen and oxygen atoms in total. The van der Waals surface area contributed by atoms with Crippen LogP contribution < -0.4 is 5.73 Å². The summed E-state index contributed by atoms with van der Waals surface area (Å²) in [5.74, 6) is 0. The first-order valence-electron chi connectivity index (χ1n) is 6.14. The molecule has 90 valence electrons. The van der Waals surface area contributed by atoms with E-state index in [1.807, 2.05) is 0 Å². The van der Waals surface area contributed by atoms with Crippen molar-refractivity contribution < 1.29 is 4.74 Å². The molecule has 1 atom stereocenters. The van der Waals surface area contributed by atoms with Crippen molar-refractivity contribution in [2.24, 2.45) is 5.73 Å². The van der Waals surface area contributed by atoms with Gasteiger partial charge in [-0.15, -0.1) is 11.3 Å². The van der Waals surface area contributed by atoms with Crippen molar-refractivity contribution >= 4 is 11.3 Å². The topological polar surface area (TPSA) is 35.2 Å². The van der Waals surface area contributed by atoms with Gasteiger partial charge in [-0.2, -0.15) is 0 Å². The van der Waals surface area contributed by atoms with Crippen LogP contribution in [-0.2, 0) is 4.74 Å². The van der Waals surface area contributed by atoms with Gasteiger partial charge in [-0.1, -0.05) is 12.8 Å². The largest absolute Gasteiger partial charge is 0.373 e. The van der Waals surface area contributed by atoms with Crippen LogP contribution in [-0.4, -0.2) is 12.2 Å². The van der Waals surface area contributed by atoms with Crippen LogP contribution in [0, 0.1) is 6.92 Å². The predicted molar refractivity (Wildman–Crippen MR) is 68.8 cm³/mol. The number of aryl methyl sites for hydroxylation is 1. The minimum atomic E-state index is -0.0912. The average molecular weight is 239 g/mol. The molecule has 1 aliphatic rings.